The van der Waals surface area contributed by atoms with Crippen LogP contribution < -0.4 is 4.74 Å². The van der Waals surface area contributed by atoms with E-state index in [9.17, 15) is 4.79 Å². The summed E-state index contributed by atoms with van der Waals surface area (Å²) in [5.41, 5.74) is 3.11. The van der Waals surface area contributed by atoms with Crippen molar-refractivity contribution in [2.45, 2.75) is 13.8 Å². The first kappa shape index (κ1) is 12.4. The fraction of sp³-hybridized carbons (Fsp3) is 0.286. The summed E-state index contributed by atoms with van der Waals surface area (Å²) in [7, 11) is 2.89. The molecule has 0 aliphatic rings. The van der Waals surface area contributed by atoms with Gasteiger partial charge in [-0.3, -0.25) is 4.98 Å². The average Bonchev–Trinajstić information content (AvgIpc) is 2.36. The number of fused-ring (bicyclic) bond motifs is 1. The molecule has 4 nitrogen and oxygen atoms in total. The molecule has 0 fully saturated rings. The molecule has 1 aromatic carbocycles. The Labute approximate surface area is 106 Å². The van der Waals surface area contributed by atoms with Crippen LogP contribution in [-0.2, 0) is 4.74 Å². The number of carbonyl (C=O) groups excluding carboxylic acids is 1. The van der Waals surface area contributed by atoms with Crippen LogP contribution in [0.15, 0.2) is 18.2 Å². The van der Waals surface area contributed by atoms with Gasteiger partial charge in [0, 0.05) is 11.1 Å². The van der Waals surface area contributed by atoms with Gasteiger partial charge in [0.1, 0.15) is 11.3 Å². The van der Waals surface area contributed by atoms with Crippen molar-refractivity contribution >= 4 is 16.9 Å². The number of pyridine rings is 1. The second kappa shape index (κ2) is 4.64. The van der Waals surface area contributed by atoms with Crippen molar-refractivity contribution in [2.24, 2.45) is 0 Å². The standard InChI is InChI=1S/C14H15NO3/c1-8-7-9(2)15-10-5-6-11(17-3)13(12(8)10)14(16)18-4/h5-7H,1-4H3. The van der Waals surface area contributed by atoms with Gasteiger partial charge in [0.25, 0.3) is 0 Å². The predicted molar refractivity (Wildman–Crippen MR) is 69.1 cm³/mol. The maximum absolute atomic E-state index is 11.9. The van der Waals surface area contributed by atoms with E-state index < -0.39 is 5.97 Å². The zero-order valence-corrected chi connectivity index (χ0v) is 10.9. The molecule has 0 aliphatic carbocycles. The molecule has 94 valence electrons. The Balaban J connectivity index is 2.89. The van der Waals surface area contributed by atoms with E-state index in [1.807, 2.05) is 26.0 Å². The van der Waals surface area contributed by atoms with E-state index in [-0.39, 0.29) is 0 Å². The van der Waals surface area contributed by atoms with Gasteiger partial charge < -0.3 is 9.47 Å². The molecule has 2 rings (SSSR count). The summed E-state index contributed by atoms with van der Waals surface area (Å²) in [6.07, 6.45) is 0. The van der Waals surface area contributed by atoms with Gasteiger partial charge in [0.15, 0.2) is 0 Å². The highest BCUT2D eigenvalue weighted by molar-refractivity contribution is 6.07. The largest absolute Gasteiger partial charge is 0.496 e. The van der Waals surface area contributed by atoms with Crippen LogP contribution >= 0.6 is 0 Å². The van der Waals surface area contributed by atoms with Crippen LogP contribution in [0.1, 0.15) is 21.6 Å². The van der Waals surface area contributed by atoms with Gasteiger partial charge in [-0.1, -0.05) is 0 Å². The minimum Gasteiger partial charge on any atom is -0.496 e. The number of nitrogens with zero attached hydrogens (tertiary/aromatic N) is 1. The van der Waals surface area contributed by atoms with E-state index in [1.165, 1.54) is 14.2 Å². The lowest BCUT2D eigenvalue weighted by atomic mass is 10.0. The van der Waals surface area contributed by atoms with E-state index in [1.54, 1.807) is 6.07 Å². The number of hydrogen-bond acceptors (Lipinski definition) is 4. The Kier molecular flexibility index (Phi) is 3.19. The number of benzene rings is 1. The molecule has 0 unspecified atom stereocenters. The third-order valence-electron chi connectivity index (χ3n) is 2.87. The molecular formula is C14H15NO3. The normalized spacial score (nSPS) is 10.4. The number of esters is 1. The molecule has 1 heterocycles. The number of rotatable bonds is 2. The SMILES string of the molecule is COC(=O)c1c(OC)ccc2nc(C)cc(C)c12. The Morgan fingerprint density at radius 3 is 2.56 bits per heavy atom. The fourth-order valence-corrected chi connectivity index (χ4v) is 2.15. The molecule has 0 saturated heterocycles. The van der Waals surface area contributed by atoms with Gasteiger partial charge in [-0.05, 0) is 37.6 Å². The maximum Gasteiger partial charge on any atom is 0.342 e. The molecule has 4 heteroatoms. The number of aryl methyl sites for hydroxylation is 2. The Bertz CT molecular complexity index is 620. The Hall–Kier alpha value is -2.10. The summed E-state index contributed by atoms with van der Waals surface area (Å²) < 4.78 is 10.1. The minimum absolute atomic E-state index is 0.411. The second-order valence-corrected chi connectivity index (χ2v) is 4.11. The molecule has 18 heavy (non-hydrogen) atoms. The van der Waals surface area contributed by atoms with E-state index in [2.05, 4.69) is 4.98 Å². The number of methoxy groups -OCH3 is 2. The molecule has 0 bridgehead atoms. The summed E-state index contributed by atoms with van der Waals surface area (Å²) in [4.78, 5) is 16.3. The zero-order chi connectivity index (χ0) is 13.3. The molecule has 2 aromatic rings. The van der Waals surface area contributed by atoms with Crippen LogP contribution in [-0.4, -0.2) is 25.2 Å². The Morgan fingerprint density at radius 1 is 1.22 bits per heavy atom. The maximum atomic E-state index is 11.9. The van der Waals surface area contributed by atoms with Crippen molar-refractivity contribution in [1.29, 1.82) is 0 Å². The van der Waals surface area contributed by atoms with Gasteiger partial charge in [-0.25, -0.2) is 4.79 Å². The zero-order valence-electron chi connectivity index (χ0n) is 10.9. The first-order chi connectivity index (χ1) is 8.58. The van der Waals surface area contributed by atoms with Crippen molar-refractivity contribution in [1.82, 2.24) is 4.98 Å². The van der Waals surface area contributed by atoms with Crippen LogP contribution in [0.3, 0.4) is 0 Å². The summed E-state index contributed by atoms with van der Waals surface area (Å²) in [5.74, 6) is 0.0920. The highest BCUT2D eigenvalue weighted by atomic mass is 16.5. The van der Waals surface area contributed by atoms with Crippen molar-refractivity contribution in [2.75, 3.05) is 14.2 Å². The van der Waals surface area contributed by atoms with Gasteiger partial charge in [0.05, 0.1) is 19.7 Å². The quantitative estimate of drug-likeness (QED) is 0.763. The number of ether oxygens (including phenoxy) is 2. The monoisotopic (exact) mass is 245 g/mol. The smallest absolute Gasteiger partial charge is 0.342 e. The van der Waals surface area contributed by atoms with E-state index in [4.69, 9.17) is 9.47 Å². The van der Waals surface area contributed by atoms with Crippen molar-refractivity contribution in [3.63, 3.8) is 0 Å². The third-order valence-corrected chi connectivity index (χ3v) is 2.87. The summed E-state index contributed by atoms with van der Waals surface area (Å²) in [5, 5.41) is 0.784. The fourth-order valence-electron chi connectivity index (χ4n) is 2.15. The van der Waals surface area contributed by atoms with Crippen molar-refractivity contribution < 1.29 is 14.3 Å². The lowest BCUT2D eigenvalue weighted by molar-refractivity contribution is 0.0599. The summed E-state index contributed by atoms with van der Waals surface area (Å²) >= 11 is 0. The van der Waals surface area contributed by atoms with Crippen LogP contribution in [0.4, 0.5) is 0 Å². The van der Waals surface area contributed by atoms with Gasteiger partial charge in [-0.2, -0.15) is 0 Å². The summed E-state index contributed by atoms with van der Waals surface area (Å²) in [6, 6.07) is 5.52. The van der Waals surface area contributed by atoms with E-state index >= 15 is 0 Å². The molecule has 0 saturated carbocycles. The molecule has 0 amide bonds. The lowest BCUT2D eigenvalue weighted by Crippen LogP contribution is -2.06. The van der Waals surface area contributed by atoms with E-state index in [0.29, 0.717) is 11.3 Å². The van der Waals surface area contributed by atoms with Gasteiger partial charge in [0.2, 0.25) is 0 Å². The van der Waals surface area contributed by atoms with Crippen molar-refractivity contribution in [3.8, 4) is 5.75 Å². The number of hydrogen-bond donors (Lipinski definition) is 0. The highest BCUT2D eigenvalue weighted by Gasteiger charge is 2.19. The molecule has 0 spiro atoms. The molecule has 0 N–H and O–H groups in total. The first-order valence-corrected chi connectivity index (χ1v) is 5.61. The van der Waals surface area contributed by atoms with Crippen LogP contribution in [0.25, 0.3) is 10.9 Å². The number of carbonyl (C=O) groups is 1. The summed E-state index contributed by atoms with van der Waals surface area (Å²) in [6.45, 7) is 3.87. The Morgan fingerprint density at radius 2 is 1.94 bits per heavy atom. The second-order valence-electron chi connectivity index (χ2n) is 4.11. The van der Waals surface area contributed by atoms with Gasteiger partial charge in [-0.15, -0.1) is 0 Å². The number of aromatic nitrogens is 1. The first-order valence-electron chi connectivity index (χ1n) is 5.61. The predicted octanol–water partition coefficient (Wildman–Crippen LogP) is 2.65. The molecule has 0 aliphatic heterocycles. The van der Waals surface area contributed by atoms with Crippen LogP contribution in [0.5, 0.6) is 5.75 Å². The van der Waals surface area contributed by atoms with Crippen LogP contribution in [0.2, 0.25) is 0 Å². The average molecular weight is 245 g/mol. The highest BCUT2D eigenvalue weighted by Crippen LogP contribution is 2.30. The molecule has 1 aromatic heterocycles. The van der Waals surface area contributed by atoms with Crippen LogP contribution in [0, 0.1) is 13.8 Å². The van der Waals surface area contributed by atoms with E-state index in [0.717, 1.165) is 22.2 Å². The topological polar surface area (TPSA) is 48.4 Å². The third kappa shape index (κ3) is 1.90. The molecule has 0 atom stereocenters. The lowest BCUT2D eigenvalue weighted by Gasteiger charge is -2.12. The van der Waals surface area contributed by atoms with Gasteiger partial charge >= 0.3 is 5.97 Å². The molecular weight excluding hydrogens is 230 g/mol. The van der Waals surface area contributed by atoms with Crippen molar-refractivity contribution in [3.05, 3.63) is 35.0 Å². The minimum atomic E-state index is -0.411. The molecule has 0 radical (unpaired) electrons.